The second kappa shape index (κ2) is 7.17. The van der Waals surface area contributed by atoms with Crippen molar-refractivity contribution in [2.45, 2.75) is 13.0 Å². The predicted octanol–water partition coefficient (Wildman–Crippen LogP) is 4.76. The molecule has 112 valence electrons. The van der Waals surface area contributed by atoms with Crippen LogP contribution in [-0.4, -0.2) is 20.6 Å². The van der Waals surface area contributed by atoms with E-state index >= 15 is 0 Å². The van der Waals surface area contributed by atoms with Crippen molar-refractivity contribution in [3.05, 3.63) is 63.6 Å². The summed E-state index contributed by atoms with van der Waals surface area (Å²) in [6.45, 7) is 2.97. The number of benzene rings is 2. The molecule has 1 atom stereocenters. The van der Waals surface area contributed by atoms with Gasteiger partial charge in [0.1, 0.15) is 0 Å². The first-order valence-electron chi connectivity index (χ1n) is 6.98. The number of anilines is 1. The average molecular weight is 323 g/mol. The third-order valence-electron chi connectivity index (χ3n) is 3.41. The Morgan fingerprint density at radius 2 is 1.71 bits per heavy atom. The second-order valence-electron chi connectivity index (χ2n) is 5.15. The summed E-state index contributed by atoms with van der Waals surface area (Å²) < 4.78 is 0. The monoisotopic (exact) mass is 322 g/mol. The van der Waals surface area contributed by atoms with E-state index in [0.29, 0.717) is 10.0 Å². The molecule has 1 N–H and O–H groups in total. The first-order valence-corrected chi connectivity index (χ1v) is 7.74. The SMILES string of the molecule is CCNC(c1cccc(N(C)C)c1)c1ccc(Cl)c(Cl)c1. The Morgan fingerprint density at radius 3 is 2.33 bits per heavy atom. The molecule has 0 radical (unpaired) electrons. The molecule has 21 heavy (non-hydrogen) atoms. The van der Waals surface area contributed by atoms with Crippen LogP contribution in [0.5, 0.6) is 0 Å². The Hall–Kier alpha value is -1.22. The van der Waals surface area contributed by atoms with Gasteiger partial charge in [-0.25, -0.2) is 0 Å². The molecule has 0 aliphatic carbocycles. The second-order valence-corrected chi connectivity index (χ2v) is 5.97. The summed E-state index contributed by atoms with van der Waals surface area (Å²) >= 11 is 12.2. The van der Waals surface area contributed by atoms with Crippen LogP contribution in [0, 0.1) is 0 Å². The number of nitrogens with zero attached hydrogens (tertiary/aromatic N) is 1. The predicted molar refractivity (Wildman–Crippen MR) is 92.8 cm³/mol. The molecule has 2 aromatic rings. The van der Waals surface area contributed by atoms with E-state index in [1.807, 2.05) is 32.3 Å². The quantitative estimate of drug-likeness (QED) is 0.853. The van der Waals surface area contributed by atoms with E-state index in [9.17, 15) is 0 Å². The summed E-state index contributed by atoms with van der Waals surface area (Å²) in [4.78, 5) is 2.10. The maximum atomic E-state index is 6.16. The molecule has 0 saturated heterocycles. The molecule has 1 unspecified atom stereocenters. The summed E-state index contributed by atoms with van der Waals surface area (Å²) in [5.74, 6) is 0. The van der Waals surface area contributed by atoms with E-state index in [1.165, 1.54) is 11.3 Å². The zero-order chi connectivity index (χ0) is 15.4. The maximum Gasteiger partial charge on any atom is 0.0595 e. The van der Waals surface area contributed by atoms with Gasteiger partial charge in [0.05, 0.1) is 16.1 Å². The number of hydrogen-bond acceptors (Lipinski definition) is 2. The average Bonchev–Trinajstić information content (AvgIpc) is 2.48. The van der Waals surface area contributed by atoms with E-state index in [2.05, 4.69) is 41.4 Å². The minimum Gasteiger partial charge on any atom is -0.378 e. The van der Waals surface area contributed by atoms with Crippen molar-refractivity contribution in [2.75, 3.05) is 25.5 Å². The highest BCUT2D eigenvalue weighted by atomic mass is 35.5. The van der Waals surface area contributed by atoms with Crippen molar-refractivity contribution in [3.8, 4) is 0 Å². The molecule has 0 aromatic heterocycles. The zero-order valence-corrected chi connectivity index (χ0v) is 14.0. The van der Waals surface area contributed by atoms with Crippen LogP contribution in [0.2, 0.25) is 10.0 Å². The molecule has 0 heterocycles. The molecule has 0 spiro atoms. The van der Waals surface area contributed by atoms with Gasteiger partial charge in [0.2, 0.25) is 0 Å². The standard InChI is InChI=1S/C17H20Cl2N2/c1-4-20-17(13-8-9-15(18)16(19)11-13)12-6-5-7-14(10-12)21(2)3/h5-11,17,20H,4H2,1-3H3. The fourth-order valence-corrected chi connectivity index (χ4v) is 2.61. The smallest absolute Gasteiger partial charge is 0.0595 e. The van der Waals surface area contributed by atoms with E-state index < -0.39 is 0 Å². The van der Waals surface area contributed by atoms with Crippen LogP contribution in [0.4, 0.5) is 5.69 Å². The number of rotatable bonds is 5. The van der Waals surface area contributed by atoms with Crippen LogP contribution in [0.15, 0.2) is 42.5 Å². The number of nitrogens with one attached hydrogen (secondary N) is 1. The Kier molecular flexibility index (Phi) is 5.51. The van der Waals surface area contributed by atoms with Crippen molar-refractivity contribution in [1.82, 2.24) is 5.32 Å². The maximum absolute atomic E-state index is 6.16. The minimum atomic E-state index is 0.102. The molecule has 2 aromatic carbocycles. The van der Waals surface area contributed by atoms with E-state index in [0.717, 1.165) is 12.1 Å². The molecule has 0 aliphatic heterocycles. The molecule has 2 nitrogen and oxygen atoms in total. The van der Waals surface area contributed by atoms with Gasteiger partial charge in [-0.1, -0.05) is 48.3 Å². The Balaban J connectivity index is 2.42. The van der Waals surface area contributed by atoms with Gasteiger partial charge in [0.25, 0.3) is 0 Å². The lowest BCUT2D eigenvalue weighted by molar-refractivity contribution is 0.631. The largest absolute Gasteiger partial charge is 0.378 e. The lowest BCUT2D eigenvalue weighted by Crippen LogP contribution is -2.22. The fraction of sp³-hybridized carbons (Fsp3) is 0.294. The van der Waals surface area contributed by atoms with Crippen LogP contribution in [0.25, 0.3) is 0 Å². The van der Waals surface area contributed by atoms with Crippen LogP contribution in [0.3, 0.4) is 0 Å². The van der Waals surface area contributed by atoms with Crippen molar-refractivity contribution in [1.29, 1.82) is 0 Å². The summed E-state index contributed by atoms with van der Waals surface area (Å²) in [5.41, 5.74) is 3.50. The lowest BCUT2D eigenvalue weighted by atomic mass is 9.98. The van der Waals surface area contributed by atoms with E-state index in [1.54, 1.807) is 0 Å². The summed E-state index contributed by atoms with van der Waals surface area (Å²) in [5, 5.41) is 4.67. The fourth-order valence-electron chi connectivity index (χ4n) is 2.31. The van der Waals surface area contributed by atoms with Crippen molar-refractivity contribution in [2.24, 2.45) is 0 Å². The van der Waals surface area contributed by atoms with Crippen LogP contribution in [0.1, 0.15) is 24.1 Å². The molecule has 4 heteroatoms. The Labute approximate surface area is 136 Å². The molecule has 0 fully saturated rings. The molecular formula is C17H20Cl2N2. The van der Waals surface area contributed by atoms with Crippen molar-refractivity contribution < 1.29 is 0 Å². The van der Waals surface area contributed by atoms with Gasteiger partial charge >= 0.3 is 0 Å². The normalized spacial score (nSPS) is 12.2. The molecule has 0 amide bonds. The molecule has 0 aliphatic rings. The highest BCUT2D eigenvalue weighted by molar-refractivity contribution is 6.42. The molecular weight excluding hydrogens is 303 g/mol. The summed E-state index contributed by atoms with van der Waals surface area (Å²) in [6.07, 6.45) is 0. The van der Waals surface area contributed by atoms with Gasteiger partial charge < -0.3 is 10.2 Å². The van der Waals surface area contributed by atoms with Crippen molar-refractivity contribution >= 4 is 28.9 Å². The highest BCUT2D eigenvalue weighted by Crippen LogP contribution is 2.30. The summed E-state index contributed by atoms with van der Waals surface area (Å²) in [7, 11) is 4.08. The molecule has 2 rings (SSSR count). The third kappa shape index (κ3) is 3.91. The van der Waals surface area contributed by atoms with Crippen LogP contribution < -0.4 is 10.2 Å². The zero-order valence-electron chi connectivity index (χ0n) is 12.5. The van der Waals surface area contributed by atoms with Gasteiger partial charge in [-0.15, -0.1) is 0 Å². The highest BCUT2D eigenvalue weighted by Gasteiger charge is 2.15. The molecule has 0 saturated carbocycles. The minimum absolute atomic E-state index is 0.102. The van der Waals surface area contributed by atoms with Gasteiger partial charge in [-0.3, -0.25) is 0 Å². The van der Waals surface area contributed by atoms with E-state index in [-0.39, 0.29) is 6.04 Å². The first-order chi connectivity index (χ1) is 10.0. The topological polar surface area (TPSA) is 15.3 Å². The first kappa shape index (κ1) is 16.2. The van der Waals surface area contributed by atoms with Crippen LogP contribution >= 0.6 is 23.2 Å². The number of hydrogen-bond donors (Lipinski definition) is 1. The van der Waals surface area contributed by atoms with Gasteiger partial charge in [-0.05, 0) is 41.9 Å². The van der Waals surface area contributed by atoms with Crippen LogP contribution in [-0.2, 0) is 0 Å². The van der Waals surface area contributed by atoms with Crippen molar-refractivity contribution in [3.63, 3.8) is 0 Å². The van der Waals surface area contributed by atoms with Gasteiger partial charge in [0.15, 0.2) is 0 Å². The van der Waals surface area contributed by atoms with E-state index in [4.69, 9.17) is 23.2 Å². The van der Waals surface area contributed by atoms with Gasteiger partial charge in [-0.2, -0.15) is 0 Å². The third-order valence-corrected chi connectivity index (χ3v) is 4.14. The Morgan fingerprint density at radius 1 is 1.00 bits per heavy atom. The lowest BCUT2D eigenvalue weighted by Gasteiger charge is -2.21. The summed E-state index contributed by atoms with van der Waals surface area (Å²) in [6, 6.07) is 14.4. The molecule has 0 bridgehead atoms. The number of halogens is 2. The van der Waals surface area contributed by atoms with Gasteiger partial charge in [0, 0.05) is 19.8 Å². The Bertz CT molecular complexity index is 611.